The van der Waals surface area contributed by atoms with E-state index in [1.807, 2.05) is 6.92 Å². The average Bonchev–Trinajstić information content (AvgIpc) is 2.37. The summed E-state index contributed by atoms with van der Waals surface area (Å²) in [4.78, 5) is 0. The van der Waals surface area contributed by atoms with Crippen molar-refractivity contribution >= 4 is 0 Å². The van der Waals surface area contributed by atoms with Gasteiger partial charge < -0.3 is 22.5 Å². The Morgan fingerprint density at radius 1 is 1.11 bits per heavy atom. The highest BCUT2D eigenvalue weighted by atomic mass is 14.9. The minimum absolute atomic E-state index is 0.250. The topological polar surface area (TPSA) is 90.1 Å². The number of rotatable bonds is 7. The first kappa shape index (κ1) is 15.9. The molecule has 0 saturated heterocycles. The Balaban J connectivity index is 2.20. The van der Waals surface area contributed by atoms with Gasteiger partial charge >= 0.3 is 0 Å². The van der Waals surface area contributed by atoms with Gasteiger partial charge in [-0.25, -0.2) is 0 Å². The summed E-state index contributed by atoms with van der Waals surface area (Å²) >= 11 is 0. The Bertz CT molecular complexity index is 212. The summed E-state index contributed by atoms with van der Waals surface area (Å²) in [6, 6.07) is 0.535. The lowest BCUT2D eigenvalue weighted by Gasteiger charge is -2.34. The first-order valence-electron chi connectivity index (χ1n) is 7.46. The van der Waals surface area contributed by atoms with E-state index in [2.05, 4.69) is 12.2 Å². The van der Waals surface area contributed by atoms with E-state index in [0.29, 0.717) is 18.4 Å². The molecule has 18 heavy (non-hydrogen) atoms. The zero-order valence-electron chi connectivity index (χ0n) is 12.1. The van der Waals surface area contributed by atoms with Gasteiger partial charge in [-0.05, 0) is 63.5 Å². The fourth-order valence-corrected chi connectivity index (χ4v) is 2.91. The van der Waals surface area contributed by atoms with Crippen molar-refractivity contribution in [3.63, 3.8) is 0 Å². The van der Waals surface area contributed by atoms with Crippen molar-refractivity contribution in [1.29, 1.82) is 0 Å². The van der Waals surface area contributed by atoms with E-state index in [4.69, 9.17) is 17.2 Å². The third-order valence-corrected chi connectivity index (χ3v) is 4.36. The van der Waals surface area contributed by atoms with E-state index in [0.717, 1.165) is 19.0 Å². The van der Waals surface area contributed by atoms with E-state index < -0.39 is 0 Å². The fraction of sp³-hybridized carbons (Fsp3) is 1.00. The first-order chi connectivity index (χ1) is 8.54. The molecule has 4 nitrogen and oxygen atoms in total. The molecule has 0 bridgehead atoms. The van der Waals surface area contributed by atoms with Gasteiger partial charge in [0.25, 0.3) is 0 Å². The standard InChI is InChI=1S/C14H32N4/c1-10(7-15)14(17)13-5-3-12(4-6-13)9-18-8-11(2)16/h10-14,18H,3-9,15-17H2,1-2H3. The molecular weight excluding hydrogens is 224 g/mol. The molecule has 0 aromatic carbocycles. The molecule has 0 spiro atoms. The monoisotopic (exact) mass is 256 g/mol. The second-order valence-corrected chi connectivity index (χ2v) is 6.21. The van der Waals surface area contributed by atoms with Crippen LogP contribution in [-0.2, 0) is 0 Å². The van der Waals surface area contributed by atoms with Crippen molar-refractivity contribution in [3.05, 3.63) is 0 Å². The molecule has 1 aliphatic carbocycles. The normalized spacial score (nSPS) is 29.8. The Kier molecular flexibility index (Phi) is 7.15. The van der Waals surface area contributed by atoms with Gasteiger partial charge in [0.05, 0.1) is 0 Å². The Hall–Kier alpha value is -0.160. The van der Waals surface area contributed by atoms with Crippen LogP contribution >= 0.6 is 0 Å². The van der Waals surface area contributed by atoms with E-state index >= 15 is 0 Å². The van der Waals surface area contributed by atoms with Crippen molar-refractivity contribution in [2.75, 3.05) is 19.6 Å². The maximum absolute atomic E-state index is 6.28. The molecule has 108 valence electrons. The molecule has 3 atom stereocenters. The highest BCUT2D eigenvalue weighted by Crippen LogP contribution is 2.31. The highest BCUT2D eigenvalue weighted by molar-refractivity contribution is 4.83. The summed E-state index contributed by atoms with van der Waals surface area (Å²) in [5.41, 5.74) is 17.7. The van der Waals surface area contributed by atoms with Gasteiger partial charge in [0, 0.05) is 18.6 Å². The second kappa shape index (κ2) is 8.10. The summed E-state index contributed by atoms with van der Waals surface area (Å²) in [7, 11) is 0. The summed E-state index contributed by atoms with van der Waals surface area (Å²) < 4.78 is 0. The zero-order valence-corrected chi connectivity index (χ0v) is 12.1. The van der Waals surface area contributed by atoms with Crippen molar-refractivity contribution in [3.8, 4) is 0 Å². The minimum atomic E-state index is 0.250. The van der Waals surface area contributed by atoms with Crippen LogP contribution in [0.2, 0.25) is 0 Å². The van der Waals surface area contributed by atoms with Gasteiger partial charge in [-0.1, -0.05) is 6.92 Å². The number of nitrogens with one attached hydrogen (secondary N) is 1. The highest BCUT2D eigenvalue weighted by Gasteiger charge is 2.27. The molecule has 0 aromatic heterocycles. The van der Waals surface area contributed by atoms with Crippen LogP contribution in [-0.4, -0.2) is 31.7 Å². The van der Waals surface area contributed by atoms with Gasteiger partial charge in [0.1, 0.15) is 0 Å². The van der Waals surface area contributed by atoms with Gasteiger partial charge in [-0.2, -0.15) is 0 Å². The largest absolute Gasteiger partial charge is 0.330 e. The molecule has 0 radical (unpaired) electrons. The first-order valence-corrected chi connectivity index (χ1v) is 7.46. The maximum atomic E-state index is 6.28. The molecule has 0 aromatic rings. The number of hydrogen-bond donors (Lipinski definition) is 4. The van der Waals surface area contributed by atoms with E-state index in [9.17, 15) is 0 Å². The van der Waals surface area contributed by atoms with Crippen molar-refractivity contribution in [1.82, 2.24) is 5.32 Å². The predicted molar refractivity (Wildman–Crippen MR) is 78.2 cm³/mol. The van der Waals surface area contributed by atoms with Gasteiger partial charge in [0.2, 0.25) is 0 Å². The quantitative estimate of drug-likeness (QED) is 0.538. The molecule has 0 aliphatic heterocycles. The Morgan fingerprint density at radius 3 is 2.22 bits per heavy atom. The number of hydrogen-bond acceptors (Lipinski definition) is 4. The predicted octanol–water partition coefficient (Wildman–Crippen LogP) is 0.652. The molecular formula is C14H32N4. The van der Waals surface area contributed by atoms with E-state index in [1.54, 1.807) is 0 Å². The zero-order chi connectivity index (χ0) is 13.5. The van der Waals surface area contributed by atoms with Crippen LogP contribution in [0.1, 0.15) is 39.5 Å². The molecule has 1 saturated carbocycles. The van der Waals surface area contributed by atoms with Crippen molar-refractivity contribution in [2.45, 2.75) is 51.6 Å². The van der Waals surface area contributed by atoms with Crippen LogP contribution in [0, 0.1) is 17.8 Å². The molecule has 1 aliphatic rings. The number of nitrogens with two attached hydrogens (primary N) is 3. The molecule has 1 rings (SSSR count). The third kappa shape index (κ3) is 5.22. The Labute approximate surface area is 112 Å². The van der Waals surface area contributed by atoms with Crippen molar-refractivity contribution < 1.29 is 0 Å². The van der Waals surface area contributed by atoms with Crippen LogP contribution < -0.4 is 22.5 Å². The van der Waals surface area contributed by atoms with Gasteiger partial charge in [0.15, 0.2) is 0 Å². The van der Waals surface area contributed by atoms with Crippen LogP contribution in [0.3, 0.4) is 0 Å². The molecule has 0 amide bonds. The summed E-state index contributed by atoms with van der Waals surface area (Å²) in [5, 5.41) is 3.46. The van der Waals surface area contributed by atoms with E-state index in [1.165, 1.54) is 25.7 Å². The Morgan fingerprint density at radius 2 is 1.72 bits per heavy atom. The lowest BCUT2D eigenvalue weighted by molar-refractivity contribution is 0.209. The van der Waals surface area contributed by atoms with E-state index in [-0.39, 0.29) is 12.1 Å². The third-order valence-electron chi connectivity index (χ3n) is 4.36. The SMILES string of the molecule is CC(N)CNCC1CCC(C(N)C(C)CN)CC1. The smallest absolute Gasteiger partial charge is 0.0136 e. The molecule has 3 unspecified atom stereocenters. The van der Waals surface area contributed by atoms with Gasteiger partial charge in [-0.15, -0.1) is 0 Å². The fourth-order valence-electron chi connectivity index (χ4n) is 2.91. The lowest BCUT2D eigenvalue weighted by Crippen LogP contribution is -2.42. The second-order valence-electron chi connectivity index (χ2n) is 6.21. The maximum Gasteiger partial charge on any atom is 0.0136 e. The van der Waals surface area contributed by atoms with Crippen LogP contribution in [0.15, 0.2) is 0 Å². The van der Waals surface area contributed by atoms with Crippen LogP contribution in [0.4, 0.5) is 0 Å². The molecule has 7 N–H and O–H groups in total. The summed E-state index contributed by atoms with van der Waals surface area (Å²) in [6.45, 7) is 6.94. The molecule has 1 fully saturated rings. The van der Waals surface area contributed by atoms with Crippen LogP contribution in [0.5, 0.6) is 0 Å². The van der Waals surface area contributed by atoms with Gasteiger partial charge in [-0.3, -0.25) is 0 Å². The summed E-state index contributed by atoms with van der Waals surface area (Å²) in [5.74, 6) is 1.93. The van der Waals surface area contributed by atoms with Crippen molar-refractivity contribution in [2.24, 2.45) is 35.0 Å². The lowest BCUT2D eigenvalue weighted by atomic mass is 9.75. The minimum Gasteiger partial charge on any atom is -0.330 e. The molecule has 4 heteroatoms. The average molecular weight is 256 g/mol. The molecule has 0 heterocycles. The summed E-state index contributed by atoms with van der Waals surface area (Å²) in [6.07, 6.45) is 5.11. The van der Waals surface area contributed by atoms with Crippen LogP contribution in [0.25, 0.3) is 0 Å².